The monoisotopic (exact) mass is 361 g/mol. The topological polar surface area (TPSA) is 31.0 Å². The van der Waals surface area contributed by atoms with Crippen LogP contribution < -0.4 is 14.5 Å². The zero-order valence-electron chi connectivity index (χ0n) is 15.6. The summed E-state index contributed by atoms with van der Waals surface area (Å²) in [5.74, 6) is 1.80. The van der Waals surface area contributed by atoms with Crippen LogP contribution in [0.15, 0.2) is 79.1 Å². The standard InChI is InChI=1S/C23H25N3O/c1-2-6-22(7-3-1)27-23-8-4-5-21(17-23)19-26-15-13-25(14-16-26)18-20-9-11-24-12-10-20/h1-12,17H,13-16,18-19H2/p+2. The Morgan fingerprint density at radius 2 is 1.30 bits per heavy atom. The summed E-state index contributed by atoms with van der Waals surface area (Å²) >= 11 is 0. The molecule has 0 spiro atoms. The Morgan fingerprint density at radius 1 is 0.667 bits per heavy atom. The summed E-state index contributed by atoms with van der Waals surface area (Å²) < 4.78 is 5.97. The molecule has 0 amide bonds. The largest absolute Gasteiger partial charge is 0.457 e. The van der Waals surface area contributed by atoms with E-state index in [9.17, 15) is 0 Å². The van der Waals surface area contributed by atoms with Crippen LogP contribution in [-0.4, -0.2) is 31.2 Å². The van der Waals surface area contributed by atoms with Crippen LogP contribution in [0, 0.1) is 0 Å². The van der Waals surface area contributed by atoms with Crippen LogP contribution in [0.5, 0.6) is 11.5 Å². The van der Waals surface area contributed by atoms with E-state index in [-0.39, 0.29) is 0 Å². The number of benzene rings is 2. The molecule has 2 N–H and O–H groups in total. The van der Waals surface area contributed by atoms with Gasteiger partial charge in [-0.05, 0) is 36.4 Å². The molecule has 138 valence electrons. The summed E-state index contributed by atoms with van der Waals surface area (Å²) in [7, 11) is 0. The summed E-state index contributed by atoms with van der Waals surface area (Å²) in [6.07, 6.45) is 3.78. The van der Waals surface area contributed by atoms with E-state index < -0.39 is 0 Å². The van der Waals surface area contributed by atoms with Crippen molar-refractivity contribution in [3.8, 4) is 11.5 Å². The molecule has 0 aliphatic carbocycles. The molecule has 0 unspecified atom stereocenters. The predicted molar refractivity (Wildman–Crippen MR) is 106 cm³/mol. The van der Waals surface area contributed by atoms with Gasteiger partial charge in [0.15, 0.2) is 0 Å². The molecule has 4 heteroatoms. The van der Waals surface area contributed by atoms with E-state index in [0.29, 0.717) is 0 Å². The zero-order chi connectivity index (χ0) is 18.3. The third-order valence-electron chi connectivity index (χ3n) is 5.20. The second kappa shape index (κ2) is 8.80. The van der Waals surface area contributed by atoms with Crippen molar-refractivity contribution in [2.75, 3.05) is 26.2 Å². The lowest BCUT2D eigenvalue weighted by Gasteiger charge is -2.29. The van der Waals surface area contributed by atoms with Crippen molar-refractivity contribution in [2.24, 2.45) is 0 Å². The number of hydrogen-bond acceptors (Lipinski definition) is 2. The summed E-state index contributed by atoms with van der Waals surface area (Å²) in [4.78, 5) is 7.44. The lowest BCUT2D eigenvalue weighted by molar-refractivity contribution is -1.02. The van der Waals surface area contributed by atoms with Gasteiger partial charge < -0.3 is 14.5 Å². The predicted octanol–water partition coefficient (Wildman–Crippen LogP) is 1.36. The SMILES string of the molecule is c1ccc(Oc2cccc(C[NH+]3CC[NH+](Cc4ccncc4)CC3)c2)cc1. The maximum absolute atomic E-state index is 5.97. The minimum Gasteiger partial charge on any atom is -0.457 e. The maximum Gasteiger partial charge on any atom is 0.127 e. The van der Waals surface area contributed by atoms with Gasteiger partial charge in [-0.2, -0.15) is 0 Å². The third kappa shape index (κ3) is 5.16. The molecule has 0 atom stereocenters. The van der Waals surface area contributed by atoms with Crippen molar-refractivity contribution in [3.63, 3.8) is 0 Å². The highest BCUT2D eigenvalue weighted by Crippen LogP contribution is 2.21. The zero-order valence-corrected chi connectivity index (χ0v) is 15.6. The number of nitrogens with zero attached hydrogens (tertiary/aromatic N) is 1. The Bertz CT molecular complexity index is 831. The second-order valence-electron chi connectivity index (χ2n) is 7.27. The second-order valence-corrected chi connectivity index (χ2v) is 7.27. The fraction of sp³-hybridized carbons (Fsp3) is 0.261. The minimum atomic E-state index is 0.885. The van der Waals surface area contributed by atoms with Crippen LogP contribution in [0.4, 0.5) is 0 Å². The Hall–Kier alpha value is -2.69. The number of nitrogens with one attached hydrogen (secondary N) is 2. The van der Waals surface area contributed by atoms with Gasteiger partial charge in [-0.3, -0.25) is 4.98 Å². The van der Waals surface area contributed by atoms with Crippen LogP contribution in [0.2, 0.25) is 0 Å². The lowest BCUT2D eigenvalue weighted by atomic mass is 10.1. The quantitative estimate of drug-likeness (QED) is 0.695. The normalized spacial score (nSPS) is 19.6. The molecule has 3 aromatic rings. The van der Waals surface area contributed by atoms with Crippen molar-refractivity contribution < 1.29 is 14.5 Å². The number of piperazine rings is 1. The van der Waals surface area contributed by atoms with Crippen molar-refractivity contribution in [1.29, 1.82) is 0 Å². The molecule has 0 bridgehead atoms. The smallest absolute Gasteiger partial charge is 0.127 e. The number of rotatable bonds is 6. The number of aromatic nitrogens is 1. The number of para-hydroxylation sites is 1. The molecule has 0 saturated carbocycles. The molecule has 0 radical (unpaired) electrons. The Morgan fingerprint density at radius 3 is 2.00 bits per heavy atom. The number of quaternary nitrogens is 2. The van der Waals surface area contributed by atoms with Gasteiger partial charge in [0.05, 0.1) is 0 Å². The van der Waals surface area contributed by atoms with E-state index in [2.05, 4.69) is 35.3 Å². The number of hydrogen-bond donors (Lipinski definition) is 2. The van der Waals surface area contributed by atoms with Gasteiger partial charge in [0.1, 0.15) is 50.8 Å². The molecule has 27 heavy (non-hydrogen) atoms. The van der Waals surface area contributed by atoms with Crippen molar-refractivity contribution in [1.82, 2.24) is 4.98 Å². The first-order valence-electron chi connectivity index (χ1n) is 9.73. The van der Waals surface area contributed by atoms with E-state index in [1.807, 2.05) is 48.8 Å². The maximum atomic E-state index is 5.97. The van der Waals surface area contributed by atoms with Crippen molar-refractivity contribution >= 4 is 0 Å². The fourth-order valence-corrected chi connectivity index (χ4v) is 3.73. The van der Waals surface area contributed by atoms with E-state index in [1.54, 1.807) is 9.80 Å². The molecule has 1 aliphatic rings. The molecule has 1 aromatic heterocycles. The Balaban J connectivity index is 1.29. The summed E-state index contributed by atoms with van der Waals surface area (Å²) in [6.45, 7) is 7.04. The fourth-order valence-electron chi connectivity index (χ4n) is 3.73. The molecule has 2 aromatic carbocycles. The first kappa shape index (κ1) is 17.7. The molecule has 4 nitrogen and oxygen atoms in total. The molecule has 2 heterocycles. The highest BCUT2D eigenvalue weighted by Gasteiger charge is 2.23. The molecule has 1 fully saturated rings. The molecule has 1 aliphatic heterocycles. The summed E-state index contributed by atoms with van der Waals surface area (Å²) in [6, 6.07) is 22.7. The molecule has 1 saturated heterocycles. The van der Waals surface area contributed by atoms with Gasteiger partial charge in [0, 0.05) is 23.5 Å². The lowest BCUT2D eigenvalue weighted by Crippen LogP contribution is -3.27. The van der Waals surface area contributed by atoms with Gasteiger partial charge in [-0.1, -0.05) is 30.3 Å². The number of pyridine rings is 1. The highest BCUT2D eigenvalue weighted by molar-refractivity contribution is 5.33. The van der Waals surface area contributed by atoms with Gasteiger partial charge in [0.2, 0.25) is 0 Å². The first-order chi connectivity index (χ1) is 13.3. The van der Waals surface area contributed by atoms with Gasteiger partial charge >= 0.3 is 0 Å². The highest BCUT2D eigenvalue weighted by atomic mass is 16.5. The van der Waals surface area contributed by atoms with Gasteiger partial charge in [-0.25, -0.2) is 0 Å². The van der Waals surface area contributed by atoms with E-state index in [0.717, 1.165) is 24.6 Å². The average molecular weight is 361 g/mol. The Kier molecular flexibility index (Phi) is 5.77. The molecular weight excluding hydrogens is 334 g/mol. The van der Waals surface area contributed by atoms with Gasteiger partial charge in [-0.15, -0.1) is 0 Å². The van der Waals surface area contributed by atoms with Crippen LogP contribution in [0.25, 0.3) is 0 Å². The number of ether oxygens (including phenoxy) is 1. The van der Waals surface area contributed by atoms with Gasteiger partial charge in [0.25, 0.3) is 0 Å². The average Bonchev–Trinajstić information content (AvgIpc) is 2.71. The van der Waals surface area contributed by atoms with Crippen molar-refractivity contribution in [2.45, 2.75) is 13.1 Å². The first-order valence-corrected chi connectivity index (χ1v) is 9.73. The summed E-state index contributed by atoms with van der Waals surface area (Å²) in [5, 5.41) is 0. The van der Waals surface area contributed by atoms with E-state index in [1.165, 1.54) is 37.3 Å². The molecular formula is C23H27N3O+2. The summed E-state index contributed by atoms with van der Waals surface area (Å²) in [5.41, 5.74) is 2.73. The van der Waals surface area contributed by atoms with Crippen molar-refractivity contribution in [3.05, 3.63) is 90.3 Å². The van der Waals surface area contributed by atoms with Crippen LogP contribution in [-0.2, 0) is 13.1 Å². The van der Waals surface area contributed by atoms with Crippen LogP contribution in [0.1, 0.15) is 11.1 Å². The minimum absolute atomic E-state index is 0.885. The molecule has 4 rings (SSSR count). The van der Waals surface area contributed by atoms with Crippen LogP contribution in [0.3, 0.4) is 0 Å². The van der Waals surface area contributed by atoms with E-state index >= 15 is 0 Å². The third-order valence-corrected chi connectivity index (χ3v) is 5.20. The van der Waals surface area contributed by atoms with Crippen LogP contribution >= 0.6 is 0 Å². The van der Waals surface area contributed by atoms with E-state index in [4.69, 9.17) is 4.74 Å². The Labute approximate surface area is 161 Å².